The minimum Gasteiger partial charge on any atom is -0.365 e. The summed E-state index contributed by atoms with van der Waals surface area (Å²) in [5.41, 5.74) is 7.04. The van der Waals surface area contributed by atoms with E-state index in [-0.39, 0.29) is 5.96 Å². The Morgan fingerprint density at radius 1 is 1.53 bits per heavy atom. The molecule has 7 nitrogen and oxygen atoms in total. The monoisotopic (exact) mass is 217 g/mol. The van der Waals surface area contributed by atoms with Crippen LogP contribution in [-0.2, 0) is 0 Å². The van der Waals surface area contributed by atoms with Crippen LogP contribution in [0.5, 0.6) is 0 Å². The summed E-state index contributed by atoms with van der Waals surface area (Å²) >= 11 is 0. The normalized spacial score (nSPS) is 11.8. The zero-order chi connectivity index (χ0) is 11.7. The first-order chi connectivity index (χ1) is 7.10. The van der Waals surface area contributed by atoms with Crippen LogP contribution in [0, 0.1) is 10.1 Å². The molecule has 0 aliphatic heterocycles. The number of hydrogen-bond acceptors (Lipinski definition) is 4. The molecule has 0 heterocycles. The van der Waals surface area contributed by atoms with Gasteiger partial charge in [-0.1, -0.05) is 19.3 Å². The molecule has 0 aliphatic rings. The number of hydrazine groups is 1. The number of rotatable bonds is 7. The van der Waals surface area contributed by atoms with Crippen molar-refractivity contribution in [1.82, 2.24) is 10.3 Å². The Morgan fingerprint density at radius 3 is 2.60 bits per heavy atom. The van der Waals surface area contributed by atoms with Crippen LogP contribution in [-0.4, -0.2) is 42.1 Å². The van der Waals surface area contributed by atoms with Crippen LogP contribution >= 0.6 is 0 Å². The smallest absolute Gasteiger partial charge is 0.251 e. The second kappa shape index (κ2) is 7.98. The van der Waals surface area contributed by atoms with E-state index in [1.807, 2.05) is 0 Å². The van der Waals surface area contributed by atoms with E-state index in [1.165, 1.54) is 0 Å². The van der Waals surface area contributed by atoms with Crippen LogP contribution in [0.2, 0.25) is 0 Å². The van der Waals surface area contributed by atoms with Crippen molar-refractivity contribution >= 4 is 5.96 Å². The van der Waals surface area contributed by atoms with E-state index >= 15 is 0 Å². The summed E-state index contributed by atoms with van der Waals surface area (Å²) in [4.78, 5) is 16.0. The molecule has 0 amide bonds. The third-order valence-electron chi connectivity index (χ3n) is 2.01. The van der Waals surface area contributed by atoms with Gasteiger partial charge in [0, 0.05) is 6.54 Å². The summed E-state index contributed by atoms with van der Waals surface area (Å²) in [6, 6.07) is 0. The fourth-order valence-electron chi connectivity index (χ4n) is 1.16. The van der Waals surface area contributed by atoms with Crippen LogP contribution in [0.15, 0.2) is 4.99 Å². The lowest BCUT2D eigenvalue weighted by molar-refractivity contribution is -0.525. The third kappa shape index (κ3) is 7.68. The van der Waals surface area contributed by atoms with Gasteiger partial charge < -0.3 is 10.6 Å². The quantitative estimate of drug-likeness (QED) is 0.203. The molecule has 7 heteroatoms. The highest BCUT2D eigenvalue weighted by Gasteiger charge is 1.99. The first-order valence-electron chi connectivity index (χ1n) is 5.03. The van der Waals surface area contributed by atoms with Crippen molar-refractivity contribution in [1.29, 1.82) is 0 Å². The Kier molecular flexibility index (Phi) is 7.25. The second-order valence-corrected chi connectivity index (χ2v) is 3.02. The molecular weight excluding hydrogens is 198 g/mol. The summed E-state index contributed by atoms with van der Waals surface area (Å²) in [5.74, 6) is -0.139. The molecule has 88 valence electrons. The van der Waals surface area contributed by atoms with E-state index < -0.39 is 5.03 Å². The predicted octanol–water partition coefficient (Wildman–Crippen LogP) is -0.186. The summed E-state index contributed by atoms with van der Waals surface area (Å²) in [5, 5.41) is 9.25. The number of hydrogen-bond donors (Lipinski definition) is 2. The number of aliphatic imine (C=N–C) groups is 1. The number of nitro groups is 1. The fourth-order valence-corrected chi connectivity index (χ4v) is 1.16. The van der Waals surface area contributed by atoms with Crippen molar-refractivity contribution in [3.63, 3.8) is 0 Å². The van der Waals surface area contributed by atoms with Gasteiger partial charge in [-0.05, 0) is 26.1 Å². The van der Waals surface area contributed by atoms with Crippen molar-refractivity contribution in [3.05, 3.63) is 10.1 Å². The van der Waals surface area contributed by atoms with E-state index in [0.717, 1.165) is 26.1 Å². The van der Waals surface area contributed by atoms with Crippen molar-refractivity contribution in [2.24, 2.45) is 10.7 Å². The van der Waals surface area contributed by atoms with E-state index in [2.05, 4.69) is 23.7 Å². The average molecular weight is 217 g/mol. The standard InChI is InChI=1S/C8H19N5O2/c1-3-12(4-2)7-5-6-10-8(9)11-13(14)15/h3-7H2,1-2H3,(H3,9,10,11). The predicted molar refractivity (Wildman–Crippen MR) is 59.0 cm³/mol. The molecule has 0 unspecified atom stereocenters. The molecule has 3 N–H and O–H groups in total. The van der Waals surface area contributed by atoms with Crippen LogP contribution in [0.1, 0.15) is 20.3 Å². The van der Waals surface area contributed by atoms with E-state index in [4.69, 9.17) is 5.73 Å². The summed E-state index contributed by atoms with van der Waals surface area (Å²) in [6.45, 7) is 7.63. The molecule has 0 bridgehead atoms. The number of nitrogens with one attached hydrogen (secondary N) is 1. The Morgan fingerprint density at radius 2 is 2.13 bits per heavy atom. The molecular formula is C8H19N5O2. The van der Waals surface area contributed by atoms with Crippen LogP contribution < -0.4 is 11.2 Å². The average Bonchev–Trinajstić information content (AvgIpc) is 2.17. The molecule has 0 fully saturated rings. The maximum Gasteiger partial charge on any atom is 0.251 e. The fraction of sp³-hybridized carbons (Fsp3) is 0.875. The van der Waals surface area contributed by atoms with Crippen molar-refractivity contribution < 1.29 is 5.03 Å². The molecule has 0 aromatic rings. The first kappa shape index (κ1) is 13.6. The highest BCUT2D eigenvalue weighted by atomic mass is 16.7. The van der Waals surface area contributed by atoms with E-state index in [1.54, 1.807) is 5.43 Å². The molecule has 15 heavy (non-hydrogen) atoms. The van der Waals surface area contributed by atoms with Gasteiger partial charge in [0.15, 0.2) is 5.03 Å². The Hall–Kier alpha value is -1.37. The third-order valence-corrected chi connectivity index (χ3v) is 2.01. The molecule has 0 spiro atoms. The van der Waals surface area contributed by atoms with Gasteiger partial charge in [0.25, 0.3) is 5.96 Å². The van der Waals surface area contributed by atoms with Gasteiger partial charge in [0.1, 0.15) is 0 Å². The number of nitrogens with two attached hydrogens (primary N) is 1. The molecule has 0 aliphatic carbocycles. The lowest BCUT2D eigenvalue weighted by Gasteiger charge is -2.16. The largest absolute Gasteiger partial charge is 0.365 e. The van der Waals surface area contributed by atoms with Gasteiger partial charge in [-0.15, -0.1) is 0 Å². The SMILES string of the molecule is CCN(CC)CCCN=C(N)N[N+](=O)[O-]. The highest BCUT2D eigenvalue weighted by molar-refractivity contribution is 5.76. The molecule has 0 aromatic carbocycles. The van der Waals surface area contributed by atoms with Crippen molar-refractivity contribution in [2.75, 3.05) is 26.2 Å². The summed E-state index contributed by atoms with van der Waals surface area (Å²) < 4.78 is 0. The number of nitrogens with zero attached hydrogens (tertiary/aromatic N) is 3. The van der Waals surface area contributed by atoms with E-state index in [0.29, 0.717) is 6.54 Å². The topological polar surface area (TPSA) is 96.8 Å². The lowest BCUT2D eigenvalue weighted by atomic mass is 10.4. The van der Waals surface area contributed by atoms with Gasteiger partial charge in [-0.25, -0.2) is 15.1 Å². The van der Waals surface area contributed by atoms with E-state index in [9.17, 15) is 10.1 Å². The van der Waals surface area contributed by atoms with Gasteiger partial charge in [-0.3, -0.25) is 0 Å². The summed E-state index contributed by atoms with van der Waals surface area (Å²) in [7, 11) is 0. The van der Waals surface area contributed by atoms with Crippen molar-refractivity contribution in [2.45, 2.75) is 20.3 Å². The molecule has 0 saturated heterocycles. The van der Waals surface area contributed by atoms with Crippen LogP contribution in [0.3, 0.4) is 0 Å². The Balaban J connectivity index is 3.63. The highest BCUT2D eigenvalue weighted by Crippen LogP contribution is 1.90. The van der Waals surface area contributed by atoms with Crippen LogP contribution in [0.25, 0.3) is 0 Å². The zero-order valence-corrected chi connectivity index (χ0v) is 9.27. The zero-order valence-electron chi connectivity index (χ0n) is 9.27. The molecule has 0 aromatic heterocycles. The second-order valence-electron chi connectivity index (χ2n) is 3.02. The molecule has 0 saturated carbocycles. The minimum absolute atomic E-state index is 0.139. The Bertz CT molecular complexity index is 215. The number of guanidine groups is 1. The van der Waals surface area contributed by atoms with Crippen LogP contribution in [0.4, 0.5) is 0 Å². The first-order valence-corrected chi connectivity index (χ1v) is 5.03. The van der Waals surface area contributed by atoms with Crippen molar-refractivity contribution in [3.8, 4) is 0 Å². The minimum atomic E-state index is -0.719. The van der Waals surface area contributed by atoms with Gasteiger partial charge in [0.05, 0.1) is 0 Å². The Labute approximate surface area is 89.5 Å². The molecule has 0 radical (unpaired) electrons. The maximum atomic E-state index is 9.97. The lowest BCUT2D eigenvalue weighted by Crippen LogP contribution is -2.36. The maximum absolute atomic E-state index is 9.97. The van der Waals surface area contributed by atoms with Gasteiger partial charge in [0.2, 0.25) is 0 Å². The van der Waals surface area contributed by atoms with Gasteiger partial charge in [-0.2, -0.15) is 0 Å². The molecule has 0 rings (SSSR count). The molecule has 0 atom stereocenters. The summed E-state index contributed by atoms with van der Waals surface area (Å²) in [6.07, 6.45) is 0.849. The van der Waals surface area contributed by atoms with Gasteiger partial charge >= 0.3 is 0 Å².